The Labute approximate surface area is 186 Å². The van der Waals surface area contributed by atoms with E-state index in [1.54, 1.807) is 25.5 Å². The zero-order chi connectivity index (χ0) is 22.8. The Morgan fingerprint density at radius 1 is 0.969 bits per heavy atom. The van der Waals surface area contributed by atoms with Gasteiger partial charge in [0, 0.05) is 18.6 Å². The molecule has 0 atom stereocenters. The Morgan fingerprint density at radius 2 is 1.69 bits per heavy atom. The fraction of sp³-hybridized carbons (Fsp3) is 0.208. The first-order valence-electron chi connectivity index (χ1n) is 10.1. The van der Waals surface area contributed by atoms with Gasteiger partial charge in [0.2, 0.25) is 0 Å². The molecule has 0 bridgehead atoms. The average molecular weight is 435 g/mol. The summed E-state index contributed by atoms with van der Waals surface area (Å²) < 4.78 is 17.0. The highest BCUT2D eigenvalue weighted by molar-refractivity contribution is 5.81. The highest BCUT2D eigenvalue weighted by atomic mass is 16.6. The maximum Gasteiger partial charge on any atom is 0.269 e. The van der Waals surface area contributed by atoms with Crippen LogP contribution in [0.4, 0.5) is 11.4 Å². The number of nitro groups is 1. The molecule has 3 aromatic rings. The van der Waals surface area contributed by atoms with Gasteiger partial charge in [-0.2, -0.15) is 5.10 Å². The molecule has 0 fully saturated rings. The molecule has 3 rings (SSSR count). The molecular weight excluding hydrogens is 410 g/mol. The van der Waals surface area contributed by atoms with Gasteiger partial charge < -0.3 is 14.2 Å². The standard InChI is InChI=1S/C24H25N3O5/c1-18-6-3-4-7-22(18)31-14-5-15-32-23-13-8-19(16-24(23)30-2)17-25-26-20-9-11-21(12-10-20)27(28)29/h3-4,6-13,16-17,26H,5,14-15H2,1-2H3. The maximum absolute atomic E-state index is 10.7. The minimum Gasteiger partial charge on any atom is -0.493 e. The first kappa shape index (κ1) is 22.6. The molecule has 8 nitrogen and oxygen atoms in total. The first-order valence-corrected chi connectivity index (χ1v) is 10.1. The summed E-state index contributed by atoms with van der Waals surface area (Å²) in [5.74, 6) is 2.13. The number of hydrogen-bond donors (Lipinski definition) is 1. The normalized spacial score (nSPS) is 10.7. The number of para-hydroxylation sites is 1. The number of nitrogens with one attached hydrogen (secondary N) is 1. The van der Waals surface area contributed by atoms with Crippen molar-refractivity contribution in [1.29, 1.82) is 0 Å². The Bertz CT molecular complexity index is 1070. The second-order valence-electron chi connectivity index (χ2n) is 6.90. The number of non-ortho nitro benzene ring substituents is 1. The van der Waals surface area contributed by atoms with E-state index in [1.807, 2.05) is 49.4 Å². The van der Waals surface area contributed by atoms with Crippen LogP contribution in [0.2, 0.25) is 0 Å². The Kier molecular flexibility index (Phi) is 8.02. The van der Waals surface area contributed by atoms with Gasteiger partial charge >= 0.3 is 0 Å². The molecule has 0 aliphatic carbocycles. The van der Waals surface area contributed by atoms with Crippen LogP contribution in [-0.2, 0) is 0 Å². The van der Waals surface area contributed by atoms with E-state index >= 15 is 0 Å². The van der Waals surface area contributed by atoms with Gasteiger partial charge in [-0.1, -0.05) is 18.2 Å². The van der Waals surface area contributed by atoms with Gasteiger partial charge in [0.1, 0.15) is 5.75 Å². The van der Waals surface area contributed by atoms with Crippen LogP contribution < -0.4 is 19.6 Å². The van der Waals surface area contributed by atoms with Gasteiger partial charge in [-0.3, -0.25) is 15.5 Å². The smallest absolute Gasteiger partial charge is 0.269 e. The van der Waals surface area contributed by atoms with Gasteiger partial charge in [0.25, 0.3) is 5.69 Å². The molecular formula is C24H25N3O5. The van der Waals surface area contributed by atoms with E-state index in [2.05, 4.69) is 10.5 Å². The minimum atomic E-state index is -0.444. The zero-order valence-corrected chi connectivity index (χ0v) is 18.0. The van der Waals surface area contributed by atoms with Crippen molar-refractivity contribution in [3.8, 4) is 17.2 Å². The quantitative estimate of drug-likeness (QED) is 0.192. The molecule has 0 radical (unpaired) electrons. The van der Waals surface area contributed by atoms with Crippen molar-refractivity contribution >= 4 is 17.6 Å². The lowest BCUT2D eigenvalue weighted by Gasteiger charge is -2.12. The van der Waals surface area contributed by atoms with E-state index in [1.165, 1.54) is 12.1 Å². The van der Waals surface area contributed by atoms with Crippen molar-refractivity contribution in [3.05, 3.63) is 88.0 Å². The lowest BCUT2D eigenvalue weighted by molar-refractivity contribution is -0.384. The first-order chi connectivity index (χ1) is 15.6. The number of methoxy groups -OCH3 is 1. The van der Waals surface area contributed by atoms with E-state index in [9.17, 15) is 10.1 Å². The van der Waals surface area contributed by atoms with Crippen LogP contribution in [0.15, 0.2) is 71.8 Å². The molecule has 0 aliphatic rings. The maximum atomic E-state index is 10.7. The predicted molar refractivity (Wildman–Crippen MR) is 124 cm³/mol. The number of nitrogens with zero attached hydrogens (tertiary/aromatic N) is 2. The number of benzene rings is 3. The number of nitro benzene ring substituents is 1. The molecule has 8 heteroatoms. The third kappa shape index (κ3) is 6.46. The van der Waals surface area contributed by atoms with Gasteiger partial charge in [-0.05, 0) is 54.4 Å². The topological polar surface area (TPSA) is 95.2 Å². The summed E-state index contributed by atoms with van der Waals surface area (Å²) in [5, 5.41) is 14.9. The molecule has 3 aromatic carbocycles. The number of rotatable bonds is 11. The van der Waals surface area contributed by atoms with E-state index in [0.29, 0.717) is 30.4 Å². The summed E-state index contributed by atoms with van der Waals surface area (Å²) in [5.41, 5.74) is 5.43. The molecule has 0 amide bonds. The molecule has 0 aromatic heterocycles. The second-order valence-corrected chi connectivity index (χ2v) is 6.90. The van der Waals surface area contributed by atoms with E-state index in [-0.39, 0.29) is 5.69 Å². The van der Waals surface area contributed by atoms with Crippen LogP contribution in [0.5, 0.6) is 17.2 Å². The van der Waals surface area contributed by atoms with Crippen LogP contribution >= 0.6 is 0 Å². The van der Waals surface area contributed by atoms with Crippen LogP contribution in [0.25, 0.3) is 0 Å². The Hall–Kier alpha value is -4.07. The predicted octanol–water partition coefficient (Wildman–Crippen LogP) is 5.21. The molecule has 0 aliphatic heterocycles. The molecule has 0 heterocycles. The van der Waals surface area contributed by atoms with Crippen LogP contribution in [-0.4, -0.2) is 31.5 Å². The molecule has 0 spiro atoms. The van der Waals surface area contributed by atoms with Gasteiger partial charge in [-0.15, -0.1) is 0 Å². The van der Waals surface area contributed by atoms with Crippen molar-refractivity contribution in [1.82, 2.24) is 0 Å². The zero-order valence-electron chi connectivity index (χ0n) is 18.0. The van der Waals surface area contributed by atoms with Gasteiger partial charge in [-0.25, -0.2) is 0 Å². The van der Waals surface area contributed by atoms with E-state index in [0.717, 1.165) is 23.3 Å². The number of anilines is 1. The van der Waals surface area contributed by atoms with Gasteiger partial charge in [0.05, 0.1) is 37.1 Å². The number of aryl methyl sites for hydroxylation is 1. The van der Waals surface area contributed by atoms with E-state index < -0.39 is 4.92 Å². The van der Waals surface area contributed by atoms with Crippen LogP contribution in [0.1, 0.15) is 17.5 Å². The average Bonchev–Trinajstić information content (AvgIpc) is 2.81. The summed E-state index contributed by atoms with van der Waals surface area (Å²) in [6.07, 6.45) is 2.36. The van der Waals surface area contributed by atoms with Crippen molar-refractivity contribution in [2.75, 3.05) is 25.7 Å². The van der Waals surface area contributed by atoms with Crippen molar-refractivity contribution < 1.29 is 19.1 Å². The third-order valence-electron chi connectivity index (χ3n) is 4.57. The summed E-state index contributed by atoms with van der Waals surface area (Å²) in [7, 11) is 1.58. The number of hydrazone groups is 1. The summed E-state index contributed by atoms with van der Waals surface area (Å²) in [6.45, 7) is 3.08. The molecule has 166 valence electrons. The number of ether oxygens (including phenoxy) is 3. The van der Waals surface area contributed by atoms with Gasteiger partial charge in [0.15, 0.2) is 11.5 Å². The highest BCUT2D eigenvalue weighted by Gasteiger charge is 2.06. The summed E-state index contributed by atoms with van der Waals surface area (Å²) in [6, 6.07) is 19.4. The molecule has 0 saturated carbocycles. The lowest BCUT2D eigenvalue weighted by Crippen LogP contribution is -2.06. The molecule has 0 saturated heterocycles. The fourth-order valence-corrected chi connectivity index (χ4v) is 2.86. The van der Waals surface area contributed by atoms with Crippen molar-refractivity contribution in [2.24, 2.45) is 5.10 Å². The van der Waals surface area contributed by atoms with Crippen molar-refractivity contribution in [2.45, 2.75) is 13.3 Å². The molecule has 32 heavy (non-hydrogen) atoms. The summed E-state index contributed by atoms with van der Waals surface area (Å²) in [4.78, 5) is 10.3. The van der Waals surface area contributed by atoms with Crippen LogP contribution in [0, 0.1) is 17.0 Å². The molecule has 1 N–H and O–H groups in total. The highest BCUT2D eigenvalue weighted by Crippen LogP contribution is 2.28. The fourth-order valence-electron chi connectivity index (χ4n) is 2.86. The van der Waals surface area contributed by atoms with Crippen LogP contribution in [0.3, 0.4) is 0 Å². The Morgan fingerprint density at radius 3 is 2.38 bits per heavy atom. The second kappa shape index (κ2) is 11.4. The molecule has 0 unspecified atom stereocenters. The SMILES string of the molecule is COc1cc(C=NNc2ccc([N+](=O)[O-])cc2)ccc1OCCCOc1ccccc1C. The Balaban J connectivity index is 1.48. The van der Waals surface area contributed by atoms with E-state index in [4.69, 9.17) is 14.2 Å². The number of hydrogen-bond acceptors (Lipinski definition) is 7. The third-order valence-corrected chi connectivity index (χ3v) is 4.57. The largest absolute Gasteiger partial charge is 0.493 e. The lowest BCUT2D eigenvalue weighted by atomic mass is 10.2. The minimum absolute atomic E-state index is 0.0293. The monoisotopic (exact) mass is 435 g/mol. The van der Waals surface area contributed by atoms with Crippen molar-refractivity contribution in [3.63, 3.8) is 0 Å². The summed E-state index contributed by atoms with van der Waals surface area (Å²) >= 11 is 0.